The Morgan fingerprint density at radius 2 is 1.09 bits per heavy atom. The van der Waals surface area contributed by atoms with E-state index in [2.05, 4.69) is 69.2 Å². The van der Waals surface area contributed by atoms with Crippen molar-refractivity contribution in [2.75, 3.05) is 20.8 Å². The molecular formula is C64H108O10. The number of aliphatic hydroxyl groups is 5. The summed E-state index contributed by atoms with van der Waals surface area (Å²) in [6.07, 6.45) is 13.3. The predicted molar refractivity (Wildman–Crippen MR) is 288 cm³/mol. The van der Waals surface area contributed by atoms with E-state index in [0.29, 0.717) is 52.9 Å². The summed E-state index contributed by atoms with van der Waals surface area (Å²) in [7, 11) is 3.81. The standard InChI is InChI=1S/2C32H54O5/c1-18-16-19(25(33)28(4,5)34)37-24-23(18)29(6)14-15-32-17-31(32)13-12-22(35-8)27(2,3)20(31)10-11-21(32)30(29,7)26(24)36-9;1-9-36-26(28(5,6)35)19-16-18(2)23-24(37-19)25(34)30(8)21-11-10-20-27(3,4)22(33)12-13-31(20)17-32(21,31)15-14-29(23,30)7/h18-26,33-34H,10-17H2,1-9H3;18-26,33-35H,9-17H2,1-8H3/t2*18-,19-,20+,21+,22+,23+,24+,25+,26+,29-,30-,31-,32+/m11/s1/i;1D3,9D2. The maximum Gasteiger partial charge on any atom is 0.112 e. The van der Waals surface area contributed by atoms with Gasteiger partial charge in [0.05, 0.1) is 62.8 Å². The molecule has 0 unspecified atom stereocenters. The summed E-state index contributed by atoms with van der Waals surface area (Å²) in [5.74, 6) is 3.26. The van der Waals surface area contributed by atoms with Crippen molar-refractivity contribution in [3.05, 3.63) is 0 Å². The quantitative estimate of drug-likeness (QED) is 0.159. The number of hydrogen-bond donors (Lipinski definition) is 5. The van der Waals surface area contributed by atoms with Gasteiger partial charge in [-0.15, -0.1) is 0 Å². The SMILES string of the molecule is CO[C@H]1CC[C@]23C[C@]24CC[C@]2(C)[C@@H]5[C@H](O[C@@H]([C@H](O)C(C)(C)O)C[C@H]5C)[C@H](OC)[C@@]2(C)[C@@H]4CC[C@H]3C1(C)C.[2H]C([2H])([2H])C([2H])([2H])O[C@@H]([C@H]1C[C@@H](C)[C@H]2[C@H](O1)[C@H](O)[C@@]1(C)[C@@H]3CC[C@H]4C(C)(C)[C@@H](O)CC[C@@]45C[C@@]35CC[C@]21C)C(C)(C)O. The molecule has 2 heterocycles. The molecule has 2 aliphatic heterocycles. The van der Waals surface area contributed by atoms with Crippen LogP contribution in [0.25, 0.3) is 0 Å². The first kappa shape index (κ1) is 49.4. The van der Waals surface area contributed by atoms with Crippen molar-refractivity contribution in [2.24, 2.45) is 101 Å². The van der Waals surface area contributed by atoms with Crippen molar-refractivity contribution in [1.82, 2.24) is 0 Å². The number of ether oxygens (including phenoxy) is 5. The van der Waals surface area contributed by atoms with Crippen LogP contribution in [0.1, 0.15) is 213 Å². The number of rotatable bonds is 8. The monoisotopic (exact) mass is 1040 g/mol. The summed E-state index contributed by atoms with van der Waals surface area (Å²) in [6, 6.07) is 0. The lowest BCUT2D eigenvalue weighted by molar-refractivity contribution is -0.215. The zero-order chi connectivity index (χ0) is 58.2. The maximum atomic E-state index is 12.4. The molecule has 26 atom stereocenters. The van der Waals surface area contributed by atoms with E-state index in [1.807, 2.05) is 14.2 Å². The van der Waals surface area contributed by atoms with Gasteiger partial charge in [0, 0.05) is 35.7 Å². The Bertz CT molecular complexity index is 2350. The first-order valence-electron chi connectivity index (χ1n) is 32.7. The molecule has 10 saturated carbocycles. The number of fused-ring (bicyclic) bond motifs is 8. The summed E-state index contributed by atoms with van der Waals surface area (Å²) < 4.78 is 71.0. The summed E-state index contributed by atoms with van der Waals surface area (Å²) in [5, 5.41) is 56.1. The lowest BCUT2D eigenvalue weighted by Gasteiger charge is -2.64. The Morgan fingerprint density at radius 3 is 1.64 bits per heavy atom. The van der Waals surface area contributed by atoms with Crippen LogP contribution in [0.2, 0.25) is 0 Å². The number of aliphatic hydroxyl groups excluding tert-OH is 3. The highest BCUT2D eigenvalue weighted by Crippen LogP contribution is 2.91. The normalized spacial score (nSPS) is 58.2. The summed E-state index contributed by atoms with van der Waals surface area (Å²) in [5.41, 5.74) is -1.65. The highest BCUT2D eigenvalue weighted by molar-refractivity contribution is 5.35. The van der Waals surface area contributed by atoms with Crippen LogP contribution in [-0.2, 0) is 23.7 Å². The molecule has 0 amide bonds. The second kappa shape index (κ2) is 17.1. The van der Waals surface area contributed by atoms with Gasteiger partial charge in [-0.2, -0.15) is 0 Å². The minimum atomic E-state index is -3.03. The Kier molecular flexibility index (Phi) is 11.4. The van der Waals surface area contributed by atoms with Crippen molar-refractivity contribution in [3.63, 3.8) is 0 Å². The fraction of sp³-hybridized carbons (Fsp3) is 1.00. The molecule has 0 bridgehead atoms. The van der Waals surface area contributed by atoms with Crippen molar-refractivity contribution in [1.29, 1.82) is 0 Å². The van der Waals surface area contributed by atoms with E-state index in [1.54, 1.807) is 13.8 Å². The second-order valence-electron chi connectivity index (χ2n) is 32.0. The molecule has 10 nitrogen and oxygen atoms in total. The van der Waals surface area contributed by atoms with E-state index < -0.39 is 55.1 Å². The van der Waals surface area contributed by atoms with Gasteiger partial charge >= 0.3 is 0 Å². The van der Waals surface area contributed by atoms with Gasteiger partial charge in [0.2, 0.25) is 0 Å². The van der Waals surface area contributed by atoms with Gasteiger partial charge in [-0.05, 0) is 228 Å². The van der Waals surface area contributed by atoms with Crippen LogP contribution in [0.4, 0.5) is 0 Å². The zero-order valence-electron chi connectivity index (χ0n) is 54.0. The van der Waals surface area contributed by atoms with Gasteiger partial charge in [0.25, 0.3) is 0 Å². The van der Waals surface area contributed by atoms with E-state index in [4.69, 9.17) is 30.5 Å². The third-order valence-electron chi connectivity index (χ3n) is 28.4. The predicted octanol–water partition coefficient (Wildman–Crippen LogP) is 10.9. The van der Waals surface area contributed by atoms with Gasteiger partial charge in [-0.3, -0.25) is 0 Å². The molecule has 5 N–H and O–H groups in total. The molecule has 12 aliphatic rings. The van der Waals surface area contributed by atoms with Crippen LogP contribution in [0, 0.1) is 101 Å². The van der Waals surface area contributed by atoms with Crippen LogP contribution in [-0.4, -0.2) is 119 Å². The largest absolute Gasteiger partial charge is 0.393 e. The van der Waals surface area contributed by atoms with Crippen molar-refractivity contribution < 1.29 is 56.1 Å². The molecule has 0 radical (unpaired) electrons. The molecular weight excluding hydrogens is 929 g/mol. The molecule has 0 aromatic rings. The zero-order valence-corrected chi connectivity index (χ0v) is 49.0. The lowest BCUT2D eigenvalue weighted by Crippen LogP contribution is -2.60. The molecule has 0 aromatic carbocycles. The molecule has 424 valence electrons. The second-order valence-corrected chi connectivity index (χ2v) is 32.0. The summed E-state index contributed by atoms with van der Waals surface area (Å²) >= 11 is 0. The third kappa shape index (κ3) is 6.71. The first-order valence-corrected chi connectivity index (χ1v) is 30.2. The van der Waals surface area contributed by atoms with Gasteiger partial charge < -0.3 is 49.2 Å². The average Bonchev–Trinajstić information content (AvgIpc) is 2.23. The molecule has 10 aliphatic carbocycles. The highest BCUT2D eigenvalue weighted by atomic mass is 16.6. The van der Waals surface area contributed by atoms with E-state index in [1.165, 1.54) is 65.2 Å². The van der Waals surface area contributed by atoms with Crippen LogP contribution >= 0.6 is 0 Å². The van der Waals surface area contributed by atoms with Crippen molar-refractivity contribution in [3.8, 4) is 0 Å². The van der Waals surface area contributed by atoms with Crippen LogP contribution < -0.4 is 0 Å². The van der Waals surface area contributed by atoms with E-state index in [0.717, 1.165) is 50.9 Å². The summed E-state index contributed by atoms with van der Waals surface area (Å²) in [4.78, 5) is 0. The van der Waals surface area contributed by atoms with Crippen molar-refractivity contribution >= 4 is 0 Å². The Balaban J connectivity index is 0.000000168. The van der Waals surface area contributed by atoms with Gasteiger partial charge in [-0.1, -0.05) is 69.2 Å². The fourth-order valence-corrected chi connectivity index (χ4v) is 25.0. The Hall–Kier alpha value is -0.400. The number of hydrogen-bond acceptors (Lipinski definition) is 10. The molecule has 0 aromatic heterocycles. The minimum absolute atomic E-state index is 0.0152. The lowest BCUT2D eigenvalue weighted by atomic mass is 9.41. The molecule has 74 heavy (non-hydrogen) atoms. The average molecular weight is 1040 g/mol. The van der Waals surface area contributed by atoms with E-state index in [-0.39, 0.29) is 79.6 Å². The minimum Gasteiger partial charge on any atom is -0.393 e. The highest BCUT2D eigenvalue weighted by Gasteiger charge is 2.87. The Morgan fingerprint density at radius 1 is 0.608 bits per heavy atom. The van der Waals surface area contributed by atoms with Gasteiger partial charge in [0.1, 0.15) is 12.2 Å². The third-order valence-corrected chi connectivity index (χ3v) is 28.4. The molecule has 12 rings (SSSR count). The van der Waals surface area contributed by atoms with Crippen molar-refractivity contribution in [2.45, 2.75) is 279 Å². The Labute approximate surface area is 455 Å². The molecule has 12 fully saturated rings. The topological polar surface area (TPSA) is 147 Å². The van der Waals surface area contributed by atoms with Crippen LogP contribution in [0.3, 0.4) is 0 Å². The number of methoxy groups -OCH3 is 2. The maximum absolute atomic E-state index is 12.4. The van der Waals surface area contributed by atoms with E-state index >= 15 is 0 Å². The molecule has 4 spiro atoms. The van der Waals surface area contributed by atoms with Crippen LogP contribution in [0.15, 0.2) is 0 Å². The van der Waals surface area contributed by atoms with E-state index in [9.17, 15) is 25.5 Å². The first-order chi connectivity index (χ1) is 36.2. The molecule has 2 saturated heterocycles. The van der Waals surface area contributed by atoms with Gasteiger partial charge in [0.15, 0.2) is 0 Å². The fourth-order valence-electron chi connectivity index (χ4n) is 25.0. The van der Waals surface area contributed by atoms with Crippen LogP contribution in [0.5, 0.6) is 0 Å². The van der Waals surface area contributed by atoms with Gasteiger partial charge in [-0.25, -0.2) is 0 Å². The molecule has 10 heteroatoms. The smallest absolute Gasteiger partial charge is 0.112 e. The summed E-state index contributed by atoms with van der Waals surface area (Å²) in [6.45, 7) is 24.2.